The molecule has 0 aliphatic heterocycles. The zero-order chi connectivity index (χ0) is 35.6. The van der Waals surface area contributed by atoms with Gasteiger partial charge in [-0.25, -0.2) is 4.98 Å². The Morgan fingerprint density at radius 1 is 0.352 bits per heavy atom. The lowest BCUT2D eigenvalue weighted by Gasteiger charge is -2.34. The van der Waals surface area contributed by atoms with Crippen LogP contribution in [0.2, 0.25) is 0 Å². The number of fused-ring (bicyclic) bond motifs is 7. The van der Waals surface area contributed by atoms with E-state index < -0.39 is 5.41 Å². The van der Waals surface area contributed by atoms with Crippen molar-refractivity contribution in [1.29, 1.82) is 0 Å². The summed E-state index contributed by atoms with van der Waals surface area (Å²) in [6.45, 7) is 0. The van der Waals surface area contributed by atoms with Crippen molar-refractivity contribution in [3.05, 3.63) is 229 Å². The maximum absolute atomic E-state index is 5.44. The first-order chi connectivity index (χ1) is 26.8. The zero-order valence-electron chi connectivity index (χ0n) is 29.5. The van der Waals surface area contributed by atoms with Crippen molar-refractivity contribution in [3.8, 4) is 39.2 Å². The average molecular weight is 687 g/mol. The van der Waals surface area contributed by atoms with E-state index in [-0.39, 0.29) is 0 Å². The standard InChI is InChI=1S/C52H34N2/c1-4-16-35(17-5-1)37-28-30-43-44-31-29-39(52(38-20-8-3-9-21-38)46-25-13-10-22-40(46)41-23-11-14-26-47(41)52)33-50(44)54(49(43)32-37)51-34-45(36-18-6-2-7-19-36)42-24-12-15-27-48(42)53-51/h1-34H. The van der Waals surface area contributed by atoms with Crippen molar-refractivity contribution in [3.63, 3.8) is 0 Å². The molecule has 2 nitrogen and oxygen atoms in total. The normalized spacial score (nSPS) is 13.0. The summed E-state index contributed by atoms with van der Waals surface area (Å²) in [4.78, 5) is 5.44. The third-order valence-electron chi connectivity index (χ3n) is 11.5. The molecular formula is C52H34N2. The summed E-state index contributed by atoms with van der Waals surface area (Å²) in [7, 11) is 0. The lowest BCUT2D eigenvalue weighted by Crippen LogP contribution is -2.28. The lowest BCUT2D eigenvalue weighted by atomic mass is 9.67. The molecule has 0 N–H and O–H groups in total. The second-order valence-corrected chi connectivity index (χ2v) is 14.3. The molecule has 2 heterocycles. The van der Waals surface area contributed by atoms with Crippen molar-refractivity contribution < 1.29 is 0 Å². The van der Waals surface area contributed by atoms with Gasteiger partial charge in [-0.3, -0.25) is 4.57 Å². The monoisotopic (exact) mass is 686 g/mol. The molecule has 1 aliphatic carbocycles. The van der Waals surface area contributed by atoms with Gasteiger partial charge in [-0.15, -0.1) is 0 Å². The van der Waals surface area contributed by atoms with Crippen molar-refractivity contribution in [2.45, 2.75) is 5.41 Å². The Labute approximate surface area is 314 Å². The van der Waals surface area contributed by atoms with E-state index in [0.717, 1.165) is 27.8 Å². The molecule has 0 bridgehead atoms. The SMILES string of the molecule is c1ccc(-c2ccc3c4ccc(C5(c6ccccc6)c6ccccc6-c6ccccc65)cc4n(-c4cc(-c5ccccc5)c5ccccc5n4)c3c2)cc1. The molecule has 0 saturated heterocycles. The lowest BCUT2D eigenvalue weighted by molar-refractivity contribution is 0.769. The third-order valence-corrected chi connectivity index (χ3v) is 11.5. The van der Waals surface area contributed by atoms with Crippen molar-refractivity contribution in [1.82, 2.24) is 9.55 Å². The molecular weight excluding hydrogens is 653 g/mol. The number of nitrogens with zero attached hydrogens (tertiary/aromatic N) is 2. The van der Waals surface area contributed by atoms with Crippen molar-refractivity contribution in [2.24, 2.45) is 0 Å². The topological polar surface area (TPSA) is 17.8 Å². The fourth-order valence-corrected chi connectivity index (χ4v) is 9.15. The van der Waals surface area contributed by atoms with Crippen LogP contribution in [0.25, 0.3) is 71.9 Å². The number of para-hydroxylation sites is 1. The summed E-state index contributed by atoms with van der Waals surface area (Å²) >= 11 is 0. The number of hydrogen-bond acceptors (Lipinski definition) is 1. The summed E-state index contributed by atoms with van der Waals surface area (Å²) in [5, 5.41) is 3.54. The molecule has 252 valence electrons. The quantitative estimate of drug-likeness (QED) is 0.176. The summed E-state index contributed by atoms with van der Waals surface area (Å²) in [5.41, 5.74) is 15.1. The summed E-state index contributed by atoms with van der Waals surface area (Å²) in [6, 6.07) is 75.2. The van der Waals surface area contributed by atoms with Crippen molar-refractivity contribution in [2.75, 3.05) is 0 Å². The first-order valence-electron chi connectivity index (χ1n) is 18.6. The minimum absolute atomic E-state index is 0.509. The molecule has 2 aromatic heterocycles. The summed E-state index contributed by atoms with van der Waals surface area (Å²) in [6.07, 6.45) is 0. The van der Waals surface area contributed by atoms with Crippen LogP contribution in [0.3, 0.4) is 0 Å². The minimum atomic E-state index is -0.509. The molecule has 2 heteroatoms. The van der Waals surface area contributed by atoms with Gasteiger partial charge < -0.3 is 0 Å². The van der Waals surface area contributed by atoms with E-state index in [4.69, 9.17) is 4.98 Å². The van der Waals surface area contributed by atoms with E-state index in [1.807, 2.05) is 0 Å². The molecule has 0 atom stereocenters. The maximum atomic E-state index is 5.44. The molecule has 0 unspecified atom stereocenters. The van der Waals surface area contributed by atoms with E-state index >= 15 is 0 Å². The maximum Gasteiger partial charge on any atom is 0.138 e. The minimum Gasteiger partial charge on any atom is -0.294 e. The van der Waals surface area contributed by atoms with Gasteiger partial charge in [0, 0.05) is 16.2 Å². The second-order valence-electron chi connectivity index (χ2n) is 14.3. The summed E-state index contributed by atoms with van der Waals surface area (Å²) in [5.74, 6) is 0.899. The van der Waals surface area contributed by atoms with E-state index in [1.165, 1.54) is 66.4 Å². The number of pyridine rings is 1. The van der Waals surface area contributed by atoms with E-state index in [2.05, 4.69) is 211 Å². The highest BCUT2D eigenvalue weighted by Gasteiger charge is 2.46. The Morgan fingerprint density at radius 3 is 1.61 bits per heavy atom. The molecule has 1 aliphatic rings. The van der Waals surface area contributed by atoms with Gasteiger partial charge in [0.25, 0.3) is 0 Å². The van der Waals surface area contributed by atoms with Crippen LogP contribution in [0.5, 0.6) is 0 Å². The van der Waals surface area contributed by atoms with Crippen LogP contribution < -0.4 is 0 Å². The predicted octanol–water partition coefficient (Wildman–Crippen LogP) is 13.0. The molecule has 0 amide bonds. The largest absolute Gasteiger partial charge is 0.294 e. The highest BCUT2D eigenvalue weighted by molar-refractivity contribution is 6.11. The van der Waals surface area contributed by atoms with Crippen LogP contribution in [-0.2, 0) is 5.41 Å². The highest BCUT2D eigenvalue weighted by Crippen LogP contribution is 2.56. The molecule has 0 saturated carbocycles. The second kappa shape index (κ2) is 12.0. The zero-order valence-corrected chi connectivity index (χ0v) is 29.5. The van der Waals surface area contributed by atoms with Gasteiger partial charge in [0.05, 0.1) is 22.0 Å². The average Bonchev–Trinajstić information content (AvgIpc) is 3.74. The Morgan fingerprint density at radius 2 is 0.907 bits per heavy atom. The number of aromatic nitrogens is 2. The predicted molar refractivity (Wildman–Crippen MR) is 224 cm³/mol. The van der Waals surface area contributed by atoms with Gasteiger partial charge in [-0.05, 0) is 79.9 Å². The third kappa shape index (κ3) is 4.44. The summed E-state index contributed by atoms with van der Waals surface area (Å²) < 4.78 is 2.41. The van der Waals surface area contributed by atoms with Crippen LogP contribution in [-0.4, -0.2) is 9.55 Å². The number of rotatable bonds is 5. The van der Waals surface area contributed by atoms with Crippen molar-refractivity contribution >= 4 is 32.7 Å². The van der Waals surface area contributed by atoms with Crippen LogP contribution >= 0.6 is 0 Å². The molecule has 0 spiro atoms. The molecule has 10 aromatic rings. The fraction of sp³-hybridized carbons (Fsp3) is 0.0192. The molecule has 0 radical (unpaired) electrons. The molecule has 8 aromatic carbocycles. The van der Waals surface area contributed by atoms with Crippen LogP contribution in [0.15, 0.2) is 206 Å². The smallest absolute Gasteiger partial charge is 0.138 e. The highest BCUT2D eigenvalue weighted by atomic mass is 15.1. The van der Waals surface area contributed by atoms with Crippen LogP contribution in [0.4, 0.5) is 0 Å². The Bertz CT molecular complexity index is 2990. The Kier molecular flexibility index (Phi) is 6.80. The molecule has 0 fully saturated rings. The fourth-order valence-electron chi connectivity index (χ4n) is 9.15. The first kappa shape index (κ1) is 30.6. The number of benzene rings is 8. The van der Waals surface area contributed by atoms with Gasteiger partial charge in [-0.2, -0.15) is 0 Å². The van der Waals surface area contributed by atoms with Gasteiger partial charge in [0.2, 0.25) is 0 Å². The van der Waals surface area contributed by atoms with E-state index in [0.29, 0.717) is 0 Å². The van der Waals surface area contributed by atoms with Gasteiger partial charge in [0.15, 0.2) is 0 Å². The number of hydrogen-bond donors (Lipinski definition) is 0. The van der Waals surface area contributed by atoms with E-state index in [1.54, 1.807) is 0 Å². The van der Waals surface area contributed by atoms with Crippen LogP contribution in [0, 0.1) is 0 Å². The Balaban J connectivity index is 1.27. The Hall–Kier alpha value is -7.03. The van der Waals surface area contributed by atoms with E-state index in [9.17, 15) is 0 Å². The van der Waals surface area contributed by atoms with Gasteiger partial charge in [-0.1, -0.05) is 182 Å². The molecule has 54 heavy (non-hydrogen) atoms. The van der Waals surface area contributed by atoms with Gasteiger partial charge >= 0.3 is 0 Å². The van der Waals surface area contributed by atoms with Crippen LogP contribution in [0.1, 0.15) is 22.3 Å². The molecule has 11 rings (SSSR count). The first-order valence-corrected chi connectivity index (χ1v) is 18.6. The van der Waals surface area contributed by atoms with Gasteiger partial charge in [0.1, 0.15) is 5.82 Å².